The van der Waals surface area contributed by atoms with Crippen molar-refractivity contribution in [1.29, 1.82) is 0 Å². The monoisotopic (exact) mass is 273 g/mol. The summed E-state index contributed by atoms with van der Waals surface area (Å²) in [6, 6.07) is 7.00. The summed E-state index contributed by atoms with van der Waals surface area (Å²) in [5.74, 6) is 0.815. The summed E-state index contributed by atoms with van der Waals surface area (Å²) in [6.07, 6.45) is 1.33. The van der Waals surface area contributed by atoms with Crippen molar-refractivity contribution >= 4 is 29.3 Å². The Labute approximate surface area is 110 Å². The lowest BCUT2D eigenvalue weighted by Crippen LogP contribution is -2.29. The summed E-state index contributed by atoms with van der Waals surface area (Å²) in [5.41, 5.74) is 6.52. The molecule has 3 nitrogen and oxygen atoms in total. The van der Waals surface area contributed by atoms with E-state index in [4.69, 9.17) is 22.4 Å². The smallest absolute Gasteiger partial charge is 0.320 e. The molecule has 3 N–H and O–H groups in total. The second-order valence-corrected chi connectivity index (χ2v) is 5.24. The Morgan fingerprint density at radius 2 is 2.18 bits per heavy atom. The first kappa shape index (κ1) is 14.4. The molecule has 0 spiro atoms. The van der Waals surface area contributed by atoms with Gasteiger partial charge in [0.05, 0.1) is 0 Å². The zero-order valence-corrected chi connectivity index (χ0v) is 11.0. The Balaban J connectivity index is 2.17. The highest BCUT2D eigenvalue weighted by Crippen LogP contribution is 2.21. The average molecular weight is 274 g/mol. The predicted molar refractivity (Wildman–Crippen MR) is 72.5 cm³/mol. The Kier molecular flexibility index (Phi) is 6.40. The third-order valence-electron chi connectivity index (χ3n) is 2.34. The second kappa shape index (κ2) is 7.58. The van der Waals surface area contributed by atoms with Gasteiger partial charge in [0.25, 0.3) is 0 Å². The molecule has 0 bridgehead atoms. The molecule has 94 valence electrons. The zero-order valence-electron chi connectivity index (χ0n) is 9.43. The van der Waals surface area contributed by atoms with E-state index in [1.54, 1.807) is 11.8 Å². The molecule has 1 aromatic carbocycles. The van der Waals surface area contributed by atoms with Gasteiger partial charge in [-0.25, -0.2) is 0 Å². The van der Waals surface area contributed by atoms with Crippen molar-refractivity contribution in [2.45, 2.75) is 24.6 Å². The van der Waals surface area contributed by atoms with Gasteiger partial charge in [0.1, 0.15) is 6.04 Å². The van der Waals surface area contributed by atoms with Crippen LogP contribution in [-0.4, -0.2) is 22.9 Å². The maximum Gasteiger partial charge on any atom is 0.320 e. The van der Waals surface area contributed by atoms with E-state index in [2.05, 4.69) is 0 Å². The van der Waals surface area contributed by atoms with Crippen LogP contribution in [0.3, 0.4) is 0 Å². The normalized spacial score (nSPS) is 12.4. The summed E-state index contributed by atoms with van der Waals surface area (Å²) >= 11 is 7.76. The molecule has 0 radical (unpaired) electrons. The van der Waals surface area contributed by atoms with Crippen LogP contribution in [0.5, 0.6) is 0 Å². The minimum atomic E-state index is -0.930. The fraction of sp³-hybridized carbons (Fsp3) is 0.417. The number of halogens is 1. The number of aliphatic carboxylic acids is 1. The number of nitrogens with two attached hydrogens (primary N) is 1. The van der Waals surface area contributed by atoms with Crippen molar-refractivity contribution in [3.8, 4) is 0 Å². The third-order valence-corrected chi connectivity index (χ3v) is 3.80. The SMILES string of the molecule is NC(CCCSCc1ccccc1Cl)C(=O)O. The Morgan fingerprint density at radius 1 is 1.47 bits per heavy atom. The van der Waals surface area contributed by atoms with Gasteiger partial charge in [-0.05, 0) is 30.2 Å². The summed E-state index contributed by atoms with van der Waals surface area (Å²) in [5, 5.41) is 9.38. The highest BCUT2D eigenvalue weighted by molar-refractivity contribution is 7.98. The van der Waals surface area contributed by atoms with Crippen LogP contribution in [-0.2, 0) is 10.5 Å². The van der Waals surface area contributed by atoms with Gasteiger partial charge in [-0.3, -0.25) is 4.79 Å². The molecule has 0 aliphatic carbocycles. The van der Waals surface area contributed by atoms with E-state index in [0.717, 1.165) is 28.5 Å². The molecule has 0 aromatic heterocycles. The minimum Gasteiger partial charge on any atom is -0.480 e. The number of rotatable bonds is 7. The van der Waals surface area contributed by atoms with Crippen molar-refractivity contribution in [3.63, 3.8) is 0 Å². The fourth-order valence-electron chi connectivity index (χ4n) is 1.33. The van der Waals surface area contributed by atoms with Crippen LogP contribution >= 0.6 is 23.4 Å². The van der Waals surface area contributed by atoms with Crippen LogP contribution in [0.4, 0.5) is 0 Å². The number of carboxylic acids is 1. The maximum atomic E-state index is 10.5. The van der Waals surface area contributed by atoms with Gasteiger partial charge in [0, 0.05) is 10.8 Å². The molecule has 17 heavy (non-hydrogen) atoms. The Bertz CT molecular complexity index is 373. The molecule has 1 aromatic rings. The average Bonchev–Trinajstić information content (AvgIpc) is 2.30. The van der Waals surface area contributed by atoms with E-state index in [1.165, 1.54) is 0 Å². The largest absolute Gasteiger partial charge is 0.480 e. The van der Waals surface area contributed by atoms with Gasteiger partial charge in [0.2, 0.25) is 0 Å². The van der Waals surface area contributed by atoms with Gasteiger partial charge in [-0.15, -0.1) is 0 Å². The molecule has 0 fully saturated rings. The summed E-state index contributed by atoms with van der Waals surface area (Å²) in [7, 11) is 0. The molecule has 5 heteroatoms. The molecule has 0 aliphatic heterocycles. The van der Waals surface area contributed by atoms with Crippen molar-refractivity contribution in [3.05, 3.63) is 34.9 Å². The van der Waals surface area contributed by atoms with Crippen LogP contribution in [0.15, 0.2) is 24.3 Å². The van der Waals surface area contributed by atoms with Gasteiger partial charge in [-0.1, -0.05) is 29.8 Å². The van der Waals surface area contributed by atoms with Crippen LogP contribution in [0.1, 0.15) is 18.4 Å². The number of hydrogen-bond acceptors (Lipinski definition) is 3. The molecule has 0 aliphatic rings. The zero-order chi connectivity index (χ0) is 12.7. The quantitative estimate of drug-likeness (QED) is 0.750. The minimum absolute atomic E-state index is 0.519. The fourth-order valence-corrected chi connectivity index (χ4v) is 2.59. The topological polar surface area (TPSA) is 63.3 Å². The van der Waals surface area contributed by atoms with Crippen molar-refractivity contribution < 1.29 is 9.90 Å². The summed E-state index contributed by atoms with van der Waals surface area (Å²) in [4.78, 5) is 10.5. The molecule has 0 heterocycles. The lowest BCUT2D eigenvalue weighted by atomic mass is 10.2. The Hall–Kier alpha value is -0.710. The van der Waals surface area contributed by atoms with Gasteiger partial charge >= 0.3 is 5.97 Å². The van der Waals surface area contributed by atoms with Crippen molar-refractivity contribution in [2.24, 2.45) is 5.73 Å². The van der Waals surface area contributed by atoms with Gasteiger partial charge < -0.3 is 10.8 Å². The molecule has 1 unspecified atom stereocenters. The van der Waals surface area contributed by atoms with E-state index in [1.807, 2.05) is 24.3 Å². The highest BCUT2D eigenvalue weighted by atomic mass is 35.5. The number of benzene rings is 1. The number of carbonyl (C=O) groups is 1. The van der Waals surface area contributed by atoms with Crippen molar-refractivity contribution in [1.82, 2.24) is 0 Å². The van der Waals surface area contributed by atoms with Crippen molar-refractivity contribution in [2.75, 3.05) is 5.75 Å². The molecule has 1 rings (SSSR count). The first-order chi connectivity index (χ1) is 8.11. The lowest BCUT2D eigenvalue weighted by molar-refractivity contribution is -0.138. The first-order valence-electron chi connectivity index (χ1n) is 5.41. The molecule has 0 amide bonds. The van der Waals surface area contributed by atoms with Gasteiger partial charge in [0.15, 0.2) is 0 Å². The molecular formula is C12H16ClNO2S. The van der Waals surface area contributed by atoms with E-state index >= 15 is 0 Å². The third kappa shape index (κ3) is 5.44. The Morgan fingerprint density at radius 3 is 2.82 bits per heavy atom. The molecule has 1 atom stereocenters. The standard InChI is InChI=1S/C12H16ClNO2S/c13-10-5-2-1-4-9(10)8-17-7-3-6-11(14)12(15)16/h1-2,4-5,11H,3,6-8,14H2,(H,15,16). The molecule has 0 saturated carbocycles. The summed E-state index contributed by atoms with van der Waals surface area (Å²) < 4.78 is 0. The maximum absolute atomic E-state index is 10.5. The van der Waals surface area contributed by atoms with Gasteiger partial charge in [-0.2, -0.15) is 11.8 Å². The first-order valence-corrected chi connectivity index (χ1v) is 6.94. The number of thioether (sulfide) groups is 1. The van der Waals surface area contributed by atoms with E-state index in [-0.39, 0.29) is 0 Å². The van der Waals surface area contributed by atoms with Crippen LogP contribution in [0.2, 0.25) is 5.02 Å². The second-order valence-electron chi connectivity index (χ2n) is 3.73. The van der Waals surface area contributed by atoms with E-state index < -0.39 is 12.0 Å². The summed E-state index contributed by atoms with van der Waals surface area (Å²) in [6.45, 7) is 0. The predicted octanol–water partition coefficient (Wildman–Crippen LogP) is 2.77. The van der Waals surface area contributed by atoms with E-state index in [0.29, 0.717) is 6.42 Å². The van der Waals surface area contributed by atoms with E-state index in [9.17, 15) is 4.79 Å². The number of carboxylic acid groups (broad SMARTS) is 1. The van der Waals surface area contributed by atoms with Crippen LogP contribution < -0.4 is 5.73 Å². The highest BCUT2D eigenvalue weighted by Gasteiger charge is 2.10. The molecule has 0 saturated heterocycles. The lowest BCUT2D eigenvalue weighted by Gasteiger charge is -2.06. The van der Waals surface area contributed by atoms with Crippen LogP contribution in [0.25, 0.3) is 0 Å². The molecular weight excluding hydrogens is 258 g/mol. The van der Waals surface area contributed by atoms with Crippen LogP contribution in [0, 0.1) is 0 Å². The number of hydrogen-bond donors (Lipinski definition) is 2.